The number of ether oxygens (including phenoxy) is 1. The highest BCUT2D eigenvalue weighted by molar-refractivity contribution is 7.22. The van der Waals surface area contributed by atoms with Gasteiger partial charge in [-0.05, 0) is 47.9 Å². The predicted molar refractivity (Wildman–Crippen MR) is 99.4 cm³/mol. The highest BCUT2D eigenvalue weighted by atomic mass is 32.1. The number of anilines is 1. The van der Waals surface area contributed by atoms with Gasteiger partial charge in [0.05, 0.1) is 22.9 Å². The first-order valence-electron chi connectivity index (χ1n) is 7.88. The van der Waals surface area contributed by atoms with Gasteiger partial charge in [-0.2, -0.15) is 0 Å². The Kier molecular flexibility index (Phi) is 4.81. The minimum absolute atomic E-state index is 0.264. The third-order valence-corrected chi connectivity index (χ3v) is 4.80. The molecule has 0 spiro atoms. The Balaban J connectivity index is 1.78. The van der Waals surface area contributed by atoms with E-state index in [0.29, 0.717) is 22.2 Å². The van der Waals surface area contributed by atoms with E-state index in [1.807, 2.05) is 6.07 Å². The Labute approximate surface area is 149 Å². The molecule has 0 aliphatic heterocycles. The molecule has 0 radical (unpaired) electrons. The number of benzene rings is 2. The number of carbonyl (C=O) groups is 2. The smallest absolute Gasteiger partial charge is 0.337 e. The number of hydrogen-bond acceptors (Lipinski definition) is 5. The lowest BCUT2D eigenvalue weighted by atomic mass is 10.0. The van der Waals surface area contributed by atoms with Crippen LogP contribution in [0.1, 0.15) is 46.0 Å². The van der Waals surface area contributed by atoms with E-state index in [4.69, 9.17) is 0 Å². The second-order valence-corrected chi connectivity index (χ2v) is 6.95. The van der Waals surface area contributed by atoms with Crippen LogP contribution in [0.5, 0.6) is 0 Å². The third kappa shape index (κ3) is 3.69. The zero-order valence-corrected chi connectivity index (χ0v) is 15.0. The van der Waals surface area contributed by atoms with Crippen LogP contribution in [-0.4, -0.2) is 24.0 Å². The lowest BCUT2D eigenvalue weighted by molar-refractivity contribution is 0.0600. The molecule has 0 unspecified atom stereocenters. The number of fused-ring (bicyclic) bond motifs is 1. The molecule has 3 rings (SSSR count). The summed E-state index contributed by atoms with van der Waals surface area (Å²) in [7, 11) is 1.32. The lowest BCUT2D eigenvalue weighted by Gasteiger charge is -2.03. The lowest BCUT2D eigenvalue weighted by Crippen LogP contribution is -2.12. The van der Waals surface area contributed by atoms with Crippen LogP contribution < -0.4 is 5.32 Å². The van der Waals surface area contributed by atoms with Crippen LogP contribution >= 0.6 is 11.3 Å². The first-order chi connectivity index (χ1) is 12.0. The van der Waals surface area contributed by atoms with Gasteiger partial charge in [0.2, 0.25) is 0 Å². The number of carbonyl (C=O) groups excluding carboxylic acids is 2. The van der Waals surface area contributed by atoms with E-state index in [2.05, 4.69) is 41.0 Å². The number of methoxy groups -OCH3 is 1. The highest BCUT2D eigenvalue weighted by Crippen LogP contribution is 2.29. The minimum Gasteiger partial charge on any atom is -0.465 e. The molecule has 6 heteroatoms. The van der Waals surface area contributed by atoms with Crippen LogP contribution in [0, 0.1) is 0 Å². The van der Waals surface area contributed by atoms with Gasteiger partial charge in [-0.25, -0.2) is 9.78 Å². The van der Waals surface area contributed by atoms with Gasteiger partial charge in [0, 0.05) is 5.56 Å². The van der Waals surface area contributed by atoms with Crippen molar-refractivity contribution in [1.82, 2.24) is 4.98 Å². The fourth-order valence-electron chi connectivity index (χ4n) is 2.40. The third-order valence-electron chi connectivity index (χ3n) is 3.87. The Hall–Kier alpha value is -2.73. The van der Waals surface area contributed by atoms with Gasteiger partial charge in [-0.15, -0.1) is 0 Å². The number of amides is 1. The van der Waals surface area contributed by atoms with Gasteiger partial charge in [0.1, 0.15) is 0 Å². The van der Waals surface area contributed by atoms with Crippen molar-refractivity contribution in [2.75, 3.05) is 12.4 Å². The first kappa shape index (κ1) is 17.1. The van der Waals surface area contributed by atoms with Gasteiger partial charge in [0.25, 0.3) is 5.91 Å². The molecule has 2 aromatic carbocycles. The van der Waals surface area contributed by atoms with Crippen molar-refractivity contribution in [2.45, 2.75) is 19.8 Å². The zero-order valence-electron chi connectivity index (χ0n) is 14.2. The fourth-order valence-corrected chi connectivity index (χ4v) is 3.31. The minimum atomic E-state index is -0.431. The van der Waals surface area contributed by atoms with Crippen LogP contribution in [0.4, 0.5) is 5.13 Å². The second-order valence-electron chi connectivity index (χ2n) is 5.92. The van der Waals surface area contributed by atoms with E-state index in [9.17, 15) is 9.59 Å². The average molecular weight is 354 g/mol. The van der Waals surface area contributed by atoms with E-state index in [-0.39, 0.29) is 5.91 Å². The molecule has 0 bridgehead atoms. The molecule has 5 nitrogen and oxygen atoms in total. The van der Waals surface area contributed by atoms with Gasteiger partial charge >= 0.3 is 5.97 Å². The van der Waals surface area contributed by atoms with Gasteiger partial charge in [-0.3, -0.25) is 10.1 Å². The Morgan fingerprint density at radius 3 is 2.40 bits per heavy atom. The maximum absolute atomic E-state index is 12.4. The summed E-state index contributed by atoms with van der Waals surface area (Å²) in [5.41, 5.74) is 2.97. The molecule has 0 aliphatic carbocycles. The summed E-state index contributed by atoms with van der Waals surface area (Å²) in [5.74, 6) is -0.253. The van der Waals surface area contributed by atoms with Crippen LogP contribution in [0.3, 0.4) is 0 Å². The van der Waals surface area contributed by atoms with Crippen LogP contribution in [0.15, 0.2) is 42.5 Å². The van der Waals surface area contributed by atoms with Crippen molar-refractivity contribution in [3.8, 4) is 0 Å². The molecule has 1 amide bonds. The normalized spacial score (nSPS) is 10.9. The van der Waals surface area contributed by atoms with Gasteiger partial charge in [-0.1, -0.05) is 31.3 Å². The van der Waals surface area contributed by atoms with Gasteiger partial charge in [0.15, 0.2) is 5.13 Å². The standard InChI is InChI=1S/C19H18N2O3S/c1-11(2)14-8-9-15-16(10-14)25-19(20-15)21-17(22)12-4-6-13(7-5-12)18(23)24-3/h4-11H,1-3H3,(H,20,21,22). The summed E-state index contributed by atoms with van der Waals surface area (Å²) in [6, 6.07) is 12.4. The van der Waals surface area contributed by atoms with Crippen molar-refractivity contribution in [3.63, 3.8) is 0 Å². The Bertz CT molecular complexity index is 929. The molecule has 0 atom stereocenters. The molecule has 0 aliphatic rings. The summed E-state index contributed by atoms with van der Waals surface area (Å²) in [4.78, 5) is 28.2. The van der Waals surface area contributed by atoms with E-state index in [1.165, 1.54) is 24.0 Å². The monoisotopic (exact) mass is 354 g/mol. The maximum Gasteiger partial charge on any atom is 0.337 e. The van der Waals surface area contributed by atoms with Crippen LogP contribution in [-0.2, 0) is 4.74 Å². The molecule has 1 N–H and O–H groups in total. The molecule has 1 aromatic heterocycles. The molecule has 0 saturated carbocycles. The number of nitrogens with zero attached hydrogens (tertiary/aromatic N) is 1. The van der Waals surface area contributed by atoms with Crippen LogP contribution in [0.25, 0.3) is 10.2 Å². The molecular formula is C19H18N2O3S. The molecule has 128 valence electrons. The van der Waals surface area contributed by atoms with E-state index >= 15 is 0 Å². The summed E-state index contributed by atoms with van der Waals surface area (Å²) in [6.07, 6.45) is 0. The molecule has 1 heterocycles. The second kappa shape index (κ2) is 7.03. The summed E-state index contributed by atoms with van der Waals surface area (Å²) >= 11 is 1.45. The van der Waals surface area contributed by atoms with Crippen molar-refractivity contribution >= 4 is 38.6 Å². The topological polar surface area (TPSA) is 68.3 Å². The first-order valence-corrected chi connectivity index (χ1v) is 8.70. The summed E-state index contributed by atoms with van der Waals surface area (Å²) < 4.78 is 5.69. The van der Waals surface area contributed by atoms with Crippen molar-refractivity contribution in [2.24, 2.45) is 0 Å². The number of nitrogens with one attached hydrogen (secondary N) is 1. The number of aromatic nitrogens is 1. The predicted octanol–water partition coefficient (Wildman–Crippen LogP) is 4.46. The fraction of sp³-hybridized carbons (Fsp3) is 0.211. The largest absolute Gasteiger partial charge is 0.465 e. The SMILES string of the molecule is COC(=O)c1ccc(C(=O)Nc2nc3ccc(C(C)C)cc3s2)cc1. The average Bonchev–Trinajstić information content (AvgIpc) is 3.02. The molecule has 0 saturated heterocycles. The van der Waals surface area contributed by atoms with Crippen molar-refractivity contribution < 1.29 is 14.3 Å². The Morgan fingerprint density at radius 1 is 1.08 bits per heavy atom. The zero-order chi connectivity index (χ0) is 18.0. The number of rotatable bonds is 4. The summed E-state index contributed by atoms with van der Waals surface area (Å²) in [5, 5.41) is 3.36. The number of hydrogen-bond donors (Lipinski definition) is 1. The van der Waals surface area contributed by atoms with E-state index in [0.717, 1.165) is 10.2 Å². The molecular weight excluding hydrogens is 336 g/mol. The van der Waals surface area contributed by atoms with E-state index < -0.39 is 5.97 Å². The number of thiazole rings is 1. The van der Waals surface area contributed by atoms with Crippen LogP contribution in [0.2, 0.25) is 0 Å². The maximum atomic E-state index is 12.4. The quantitative estimate of drug-likeness (QED) is 0.703. The van der Waals surface area contributed by atoms with Gasteiger partial charge < -0.3 is 4.74 Å². The van der Waals surface area contributed by atoms with Crippen molar-refractivity contribution in [1.29, 1.82) is 0 Å². The Morgan fingerprint density at radius 2 is 1.76 bits per heavy atom. The molecule has 3 aromatic rings. The van der Waals surface area contributed by atoms with E-state index in [1.54, 1.807) is 24.3 Å². The highest BCUT2D eigenvalue weighted by Gasteiger charge is 2.12. The molecule has 0 fully saturated rings. The van der Waals surface area contributed by atoms with Crippen molar-refractivity contribution in [3.05, 3.63) is 59.2 Å². The molecule has 25 heavy (non-hydrogen) atoms. The summed E-state index contributed by atoms with van der Waals surface area (Å²) in [6.45, 7) is 4.28. The number of esters is 1.